The number of nitrogens with one attached hydrogen (secondary N) is 1. The number of anilines is 1. The Bertz CT molecular complexity index is 1220. The highest BCUT2D eigenvalue weighted by atomic mass is 16.5. The molecule has 0 aliphatic carbocycles. The van der Waals surface area contributed by atoms with Crippen molar-refractivity contribution in [1.29, 1.82) is 0 Å². The van der Waals surface area contributed by atoms with Gasteiger partial charge in [0.1, 0.15) is 18.2 Å². The van der Waals surface area contributed by atoms with Crippen LogP contribution in [0.2, 0.25) is 0 Å². The summed E-state index contributed by atoms with van der Waals surface area (Å²) in [5.74, 6) is 1.63. The zero-order chi connectivity index (χ0) is 21.2. The van der Waals surface area contributed by atoms with Gasteiger partial charge in [0.25, 0.3) is 5.95 Å². The van der Waals surface area contributed by atoms with Crippen LogP contribution in [0.25, 0.3) is 5.95 Å². The van der Waals surface area contributed by atoms with Gasteiger partial charge in [-0.1, -0.05) is 42.5 Å². The Morgan fingerprint density at radius 3 is 2.68 bits per heavy atom. The van der Waals surface area contributed by atoms with E-state index >= 15 is 0 Å². The summed E-state index contributed by atoms with van der Waals surface area (Å²) >= 11 is 0. The molecule has 7 nitrogen and oxygen atoms in total. The first kappa shape index (κ1) is 19.0. The summed E-state index contributed by atoms with van der Waals surface area (Å²) in [5, 5.41) is 7.58. The molecule has 0 saturated carbocycles. The molecule has 7 heteroatoms. The molecular weight excluding hydrogens is 390 g/mol. The molecule has 1 aliphatic heterocycles. The molecule has 0 radical (unpaired) electrons. The molecular formula is C24H21N5O2. The number of benzene rings is 2. The Hall–Kier alpha value is -4.00. The second-order valence-electron chi connectivity index (χ2n) is 7.46. The molecule has 1 N–H and O–H groups in total. The molecule has 2 aromatic heterocycles. The molecule has 1 aliphatic rings. The first-order chi connectivity index (χ1) is 15.2. The van der Waals surface area contributed by atoms with E-state index in [9.17, 15) is 4.79 Å². The Balaban J connectivity index is 1.48. The van der Waals surface area contributed by atoms with Gasteiger partial charge in [0.2, 0.25) is 5.91 Å². The van der Waals surface area contributed by atoms with Crippen molar-refractivity contribution in [3.8, 4) is 11.7 Å². The maximum absolute atomic E-state index is 12.6. The van der Waals surface area contributed by atoms with E-state index in [-0.39, 0.29) is 11.8 Å². The summed E-state index contributed by atoms with van der Waals surface area (Å²) in [4.78, 5) is 21.1. The highest BCUT2D eigenvalue weighted by Gasteiger charge is 2.33. The van der Waals surface area contributed by atoms with Crippen molar-refractivity contribution in [3.63, 3.8) is 0 Å². The minimum absolute atomic E-state index is 0.0646. The summed E-state index contributed by atoms with van der Waals surface area (Å²) in [6, 6.07) is 19.7. The lowest BCUT2D eigenvalue weighted by atomic mass is 9.86. The summed E-state index contributed by atoms with van der Waals surface area (Å²) in [6.45, 7) is 2.43. The monoisotopic (exact) mass is 411 g/mol. The fourth-order valence-corrected chi connectivity index (χ4v) is 3.94. The van der Waals surface area contributed by atoms with Crippen molar-refractivity contribution in [3.05, 3.63) is 95.4 Å². The number of aryl methyl sites for hydroxylation is 1. The Morgan fingerprint density at radius 2 is 1.87 bits per heavy atom. The van der Waals surface area contributed by atoms with E-state index < -0.39 is 0 Å². The van der Waals surface area contributed by atoms with Crippen molar-refractivity contribution in [2.45, 2.75) is 25.9 Å². The third-order valence-electron chi connectivity index (χ3n) is 5.35. The Morgan fingerprint density at radius 1 is 1.06 bits per heavy atom. The first-order valence-electron chi connectivity index (χ1n) is 10.1. The molecule has 0 bridgehead atoms. The van der Waals surface area contributed by atoms with Gasteiger partial charge in [-0.15, -0.1) is 0 Å². The number of hydrogen-bond acceptors (Lipinski definition) is 5. The van der Waals surface area contributed by atoms with Crippen LogP contribution in [0.3, 0.4) is 0 Å². The van der Waals surface area contributed by atoms with Crippen LogP contribution < -0.4 is 10.1 Å². The Labute approximate surface area is 179 Å². The number of amides is 1. The first-order valence-corrected chi connectivity index (χ1v) is 10.1. The maximum Gasteiger partial charge on any atom is 0.252 e. The number of rotatable bonds is 5. The van der Waals surface area contributed by atoms with Crippen LogP contribution in [0.4, 0.5) is 5.82 Å². The molecule has 4 aromatic rings. The number of nitrogens with zero attached hydrogens (tertiary/aromatic N) is 4. The molecule has 2 aromatic carbocycles. The van der Waals surface area contributed by atoms with E-state index in [0.29, 0.717) is 24.8 Å². The lowest BCUT2D eigenvalue weighted by Gasteiger charge is -2.24. The molecule has 0 unspecified atom stereocenters. The second kappa shape index (κ2) is 8.02. The third kappa shape index (κ3) is 3.77. The standard InChI is InChI=1S/C24H21N5O2/c1-16-22-20(14-21(30)27-23(22)29(28-16)24-25-11-6-12-26-24)18-9-5-10-19(13-18)31-15-17-7-3-2-4-8-17/h2-13,20H,14-15H2,1H3,(H,27,30)/t20-/m0/s1. The van der Waals surface area contributed by atoms with Crippen LogP contribution in [-0.2, 0) is 11.4 Å². The SMILES string of the molecule is Cc1nn(-c2ncccn2)c2c1[C@H](c1cccc(OCc3ccccc3)c1)CC(=O)N2. The van der Waals surface area contributed by atoms with E-state index in [1.54, 1.807) is 23.1 Å². The highest BCUT2D eigenvalue weighted by molar-refractivity contribution is 5.95. The van der Waals surface area contributed by atoms with Gasteiger partial charge in [0.15, 0.2) is 0 Å². The molecule has 1 atom stereocenters. The normalized spacial score (nSPS) is 15.3. The predicted octanol–water partition coefficient (Wildman–Crippen LogP) is 4.02. The predicted molar refractivity (Wildman–Crippen MR) is 116 cm³/mol. The topological polar surface area (TPSA) is 81.9 Å². The smallest absolute Gasteiger partial charge is 0.252 e. The number of carbonyl (C=O) groups excluding carboxylic acids is 1. The zero-order valence-electron chi connectivity index (χ0n) is 17.0. The number of ether oxygens (including phenoxy) is 1. The molecule has 3 heterocycles. The number of fused-ring (bicyclic) bond motifs is 1. The fraction of sp³-hybridized carbons (Fsp3) is 0.167. The summed E-state index contributed by atoms with van der Waals surface area (Å²) in [6.07, 6.45) is 3.65. The van der Waals surface area contributed by atoms with Crippen molar-refractivity contribution in [1.82, 2.24) is 19.7 Å². The average Bonchev–Trinajstić information content (AvgIpc) is 3.15. The summed E-state index contributed by atoms with van der Waals surface area (Å²) in [5.41, 5.74) is 3.93. The molecule has 0 fully saturated rings. The van der Waals surface area contributed by atoms with E-state index in [4.69, 9.17) is 4.74 Å². The number of hydrogen-bond donors (Lipinski definition) is 1. The van der Waals surface area contributed by atoms with Gasteiger partial charge < -0.3 is 10.1 Å². The third-order valence-corrected chi connectivity index (χ3v) is 5.35. The van der Waals surface area contributed by atoms with Crippen LogP contribution in [0, 0.1) is 6.92 Å². The quantitative estimate of drug-likeness (QED) is 0.536. The van der Waals surface area contributed by atoms with Crippen LogP contribution in [0.5, 0.6) is 5.75 Å². The summed E-state index contributed by atoms with van der Waals surface area (Å²) in [7, 11) is 0. The van der Waals surface area contributed by atoms with Gasteiger partial charge >= 0.3 is 0 Å². The lowest BCUT2D eigenvalue weighted by Crippen LogP contribution is -2.25. The number of carbonyl (C=O) groups is 1. The van der Waals surface area contributed by atoms with Crippen molar-refractivity contribution >= 4 is 11.7 Å². The van der Waals surface area contributed by atoms with Crippen molar-refractivity contribution in [2.75, 3.05) is 5.32 Å². The van der Waals surface area contributed by atoms with Gasteiger partial charge in [0, 0.05) is 30.3 Å². The van der Waals surface area contributed by atoms with Gasteiger partial charge in [0.05, 0.1) is 5.69 Å². The van der Waals surface area contributed by atoms with Gasteiger partial charge in [-0.3, -0.25) is 4.79 Å². The molecule has 0 spiro atoms. The molecule has 1 amide bonds. The highest BCUT2D eigenvalue weighted by Crippen LogP contribution is 2.40. The second-order valence-corrected chi connectivity index (χ2v) is 7.46. The van der Waals surface area contributed by atoms with E-state index in [1.165, 1.54) is 0 Å². The van der Waals surface area contributed by atoms with Crippen molar-refractivity contribution in [2.24, 2.45) is 0 Å². The number of aromatic nitrogens is 4. The van der Waals surface area contributed by atoms with Crippen LogP contribution in [-0.4, -0.2) is 25.7 Å². The maximum atomic E-state index is 12.6. The van der Waals surface area contributed by atoms with E-state index in [2.05, 4.69) is 20.4 Å². The molecule has 5 rings (SSSR count). The van der Waals surface area contributed by atoms with Gasteiger partial charge in [-0.05, 0) is 36.2 Å². The van der Waals surface area contributed by atoms with Crippen LogP contribution >= 0.6 is 0 Å². The summed E-state index contributed by atoms with van der Waals surface area (Å²) < 4.78 is 7.60. The van der Waals surface area contributed by atoms with E-state index in [0.717, 1.165) is 28.1 Å². The van der Waals surface area contributed by atoms with Gasteiger partial charge in [-0.2, -0.15) is 9.78 Å². The van der Waals surface area contributed by atoms with E-state index in [1.807, 2.05) is 61.5 Å². The Kier molecular flexibility index (Phi) is 4.92. The fourth-order valence-electron chi connectivity index (χ4n) is 3.94. The average molecular weight is 411 g/mol. The molecule has 31 heavy (non-hydrogen) atoms. The lowest BCUT2D eigenvalue weighted by molar-refractivity contribution is -0.116. The largest absolute Gasteiger partial charge is 0.489 e. The minimum Gasteiger partial charge on any atom is -0.489 e. The van der Waals surface area contributed by atoms with Crippen LogP contribution in [0.15, 0.2) is 73.1 Å². The van der Waals surface area contributed by atoms with Crippen LogP contribution in [0.1, 0.15) is 34.7 Å². The molecule has 154 valence electrons. The van der Waals surface area contributed by atoms with Crippen molar-refractivity contribution < 1.29 is 9.53 Å². The zero-order valence-corrected chi connectivity index (χ0v) is 17.0. The minimum atomic E-state index is -0.124. The van der Waals surface area contributed by atoms with Gasteiger partial charge in [-0.25, -0.2) is 9.97 Å². The molecule has 0 saturated heterocycles.